The minimum atomic E-state index is -1.07. The van der Waals surface area contributed by atoms with Crippen molar-refractivity contribution in [1.29, 1.82) is 0 Å². The molecule has 1 atom stereocenters. The van der Waals surface area contributed by atoms with E-state index in [4.69, 9.17) is 10.8 Å². The third-order valence-electron chi connectivity index (χ3n) is 3.14. The molecule has 5 heteroatoms. The van der Waals surface area contributed by atoms with E-state index in [0.717, 1.165) is 5.56 Å². The van der Waals surface area contributed by atoms with E-state index in [1.165, 1.54) is 6.07 Å². The summed E-state index contributed by atoms with van der Waals surface area (Å²) in [4.78, 5) is 22.9. The summed E-state index contributed by atoms with van der Waals surface area (Å²) in [6.45, 7) is 0. The van der Waals surface area contributed by atoms with E-state index in [1.54, 1.807) is 42.5 Å². The molecule has 0 aliphatic carbocycles. The fourth-order valence-electron chi connectivity index (χ4n) is 1.95. The van der Waals surface area contributed by atoms with Gasteiger partial charge in [0.2, 0.25) is 0 Å². The normalized spacial score (nSPS) is 11.9. The zero-order chi connectivity index (χ0) is 15.4. The zero-order valence-electron chi connectivity index (χ0n) is 11.2. The molecule has 4 N–H and O–H groups in total. The maximum atomic E-state index is 12.2. The fraction of sp³-hybridized carbons (Fsp3) is 0.125. The molecule has 0 aliphatic rings. The molecule has 2 aromatic carbocycles. The Morgan fingerprint density at radius 3 is 2.24 bits per heavy atom. The van der Waals surface area contributed by atoms with Crippen molar-refractivity contribution in [3.05, 3.63) is 65.2 Å². The number of ketones is 1. The molecule has 0 spiro atoms. The second-order valence-corrected chi connectivity index (χ2v) is 4.69. The second kappa shape index (κ2) is 6.19. The Kier molecular flexibility index (Phi) is 4.35. The van der Waals surface area contributed by atoms with Gasteiger partial charge < -0.3 is 15.9 Å². The van der Waals surface area contributed by atoms with Gasteiger partial charge in [-0.1, -0.05) is 36.4 Å². The number of nitrogens with two attached hydrogens (primary N) is 1. The van der Waals surface area contributed by atoms with Gasteiger partial charge >= 0.3 is 5.97 Å². The van der Waals surface area contributed by atoms with Crippen LogP contribution in [0.1, 0.15) is 21.5 Å². The largest absolute Gasteiger partial charge is 0.507 e. The third kappa shape index (κ3) is 3.46. The number of carboxylic acid groups (broad SMARTS) is 1. The highest BCUT2D eigenvalue weighted by Crippen LogP contribution is 2.20. The first kappa shape index (κ1) is 14.7. The zero-order valence-corrected chi connectivity index (χ0v) is 11.2. The summed E-state index contributed by atoms with van der Waals surface area (Å²) in [5.74, 6) is -1.42. The lowest BCUT2D eigenvalue weighted by Crippen LogP contribution is -2.32. The van der Waals surface area contributed by atoms with E-state index < -0.39 is 12.0 Å². The third-order valence-corrected chi connectivity index (χ3v) is 3.14. The standard InChI is InChI=1S/C16H15NO4/c17-13(16(20)21)9-10-5-7-11(8-6-10)15(19)12-3-1-2-4-14(12)18/h1-8,13,18H,9,17H2,(H,20,21)/t13-/m0/s1. The van der Waals surface area contributed by atoms with Gasteiger partial charge in [-0.15, -0.1) is 0 Å². The van der Waals surface area contributed by atoms with E-state index in [-0.39, 0.29) is 23.5 Å². The summed E-state index contributed by atoms with van der Waals surface area (Å²) < 4.78 is 0. The highest BCUT2D eigenvalue weighted by molar-refractivity contribution is 6.10. The maximum absolute atomic E-state index is 12.2. The summed E-state index contributed by atoms with van der Waals surface area (Å²) in [6.07, 6.45) is 0.195. The number of phenolic OH excluding ortho intramolecular Hbond substituents is 1. The Bertz CT molecular complexity index is 664. The smallest absolute Gasteiger partial charge is 0.320 e. The van der Waals surface area contributed by atoms with Gasteiger partial charge in [0.05, 0.1) is 5.56 Å². The van der Waals surface area contributed by atoms with Crippen molar-refractivity contribution >= 4 is 11.8 Å². The molecule has 0 bridgehead atoms. The molecule has 2 aromatic rings. The number of benzene rings is 2. The average molecular weight is 285 g/mol. The van der Waals surface area contributed by atoms with Crippen LogP contribution in [-0.2, 0) is 11.2 Å². The predicted octanol–water partition coefficient (Wildman–Crippen LogP) is 1.58. The van der Waals surface area contributed by atoms with Crippen LogP contribution >= 0.6 is 0 Å². The van der Waals surface area contributed by atoms with E-state index in [2.05, 4.69) is 0 Å². The Hall–Kier alpha value is -2.66. The Morgan fingerprint density at radius 1 is 1.05 bits per heavy atom. The Balaban J connectivity index is 2.18. The van der Waals surface area contributed by atoms with Crippen LogP contribution in [-0.4, -0.2) is 28.0 Å². The minimum Gasteiger partial charge on any atom is -0.507 e. The van der Waals surface area contributed by atoms with Crippen LogP contribution < -0.4 is 5.73 Å². The van der Waals surface area contributed by atoms with E-state index >= 15 is 0 Å². The molecular weight excluding hydrogens is 270 g/mol. The molecule has 21 heavy (non-hydrogen) atoms. The van der Waals surface area contributed by atoms with Crippen molar-refractivity contribution < 1.29 is 19.8 Å². The van der Waals surface area contributed by atoms with Crippen LogP contribution in [0.5, 0.6) is 5.75 Å². The Morgan fingerprint density at radius 2 is 1.67 bits per heavy atom. The first-order chi connectivity index (χ1) is 9.99. The monoisotopic (exact) mass is 285 g/mol. The molecule has 2 rings (SSSR count). The lowest BCUT2D eigenvalue weighted by molar-refractivity contribution is -0.138. The van der Waals surface area contributed by atoms with Crippen molar-refractivity contribution in [3.8, 4) is 5.75 Å². The van der Waals surface area contributed by atoms with E-state index in [9.17, 15) is 14.7 Å². The quantitative estimate of drug-likeness (QED) is 0.724. The number of aromatic hydroxyl groups is 1. The second-order valence-electron chi connectivity index (χ2n) is 4.69. The van der Waals surface area contributed by atoms with Gasteiger partial charge in [-0.25, -0.2) is 0 Å². The van der Waals surface area contributed by atoms with Crippen molar-refractivity contribution in [3.63, 3.8) is 0 Å². The number of hydrogen-bond donors (Lipinski definition) is 3. The summed E-state index contributed by atoms with van der Waals surface area (Å²) in [7, 11) is 0. The number of para-hydroxylation sites is 1. The van der Waals surface area contributed by atoms with Crippen LogP contribution in [0.4, 0.5) is 0 Å². The topological polar surface area (TPSA) is 101 Å². The van der Waals surface area contributed by atoms with Crippen LogP contribution in [0.3, 0.4) is 0 Å². The summed E-state index contributed by atoms with van der Waals surface area (Å²) in [6, 6.07) is 11.9. The maximum Gasteiger partial charge on any atom is 0.320 e. The highest BCUT2D eigenvalue weighted by atomic mass is 16.4. The number of aliphatic carboxylic acids is 1. The van der Waals surface area contributed by atoms with E-state index in [1.807, 2.05) is 0 Å². The molecule has 0 saturated heterocycles. The molecular formula is C16H15NO4. The molecule has 0 saturated carbocycles. The molecule has 108 valence electrons. The van der Waals surface area contributed by atoms with Crippen LogP contribution in [0.15, 0.2) is 48.5 Å². The lowest BCUT2D eigenvalue weighted by atomic mass is 9.99. The number of hydrogen-bond acceptors (Lipinski definition) is 4. The predicted molar refractivity (Wildman–Crippen MR) is 77.3 cm³/mol. The molecule has 0 aromatic heterocycles. The van der Waals surface area contributed by atoms with Gasteiger partial charge in [-0.2, -0.15) is 0 Å². The first-order valence-electron chi connectivity index (χ1n) is 6.39. The van der Waals surface area contributed by atoms with Gasteiger partial charge in [0.15, 0.2) is 5.78 Å². The van der Waals surface area contributed by atoms with Crippen LogP contribution in [0, 0.1) is 0 Å². The molecule has 0 unspecified atom stereocenters. The molecule has 0 amide bonds. The van der Waals surface area contributed by atoms with Crippen LogP contribution in [0.2, 0.25) is 0 Å². The van der Waals surface area contributed by atoms with Gasteiger partial charge in [0, 0.05) is 5.56 Å². The average Bonchev–Trinajstić information content (AvgIpc) is 2.47. The van der Waals surface area contributed by atoms with Gasteiger partial charge in [0.25, 0.3) is 0 Å². The fourth-order valence-corrected chi connectivity index (χ4v) is 1.95. The van der Waals surface area contributed by atoms with Crippen molar-refractivity contribution in [2.45, 2.75) is 12.5 Å². The van der Waals surface area contributed by atoms with E-state index in [0.29, 0.717) is 5.56 Å². The SMILES string of the molecule is N[C@@H](Cc1ccc(C(=O)c2ccccc2O)cc1)C(=O)O. The highest BCUT2D eigenvalue weighted by Gasteiger charge is 2.14. The van der Waals surface area contributed by atoms with Gasteiger partial charge in [0.1, 0.15) is 11.8 Å². The number of rotatable bonds is 5. The molecule has 0 heterocycles. The lowest BCUT2D eigenvalue weighted by Gasteiger charge is -2.08. The summed E-state index contributed by atoms with van der Waals surface area (Å²) in [5, 5.41) is 18.4. The number of phenols is 1. The Labute approximate surface area is 121 Å². The molecule has 0 fully saturated rings. The molecule has 0 aliphatic heterocycles. The molecule has 5 nitrogen and oxygen atoms in total. The first-order valence-corrected chi connectivity index (χ1v) is 6.39. The van der Waals surface area contributed by atoms with Gasteiger partial charge in [-0.05, 0) is 24.1 Å². The summed E-state index contributed by atoms with van der Waals surface area (Å²) in [5.41, 5.74) is 6.84. The van der Waals surface area contributed by atoms with Gasteiger partial charge in [-0.3, -0.25) is 9.59 Å². The number of carbonyl (C=O) groups excluding carboxylic acids is 1. The number of carboxylic acids is 1. The van der Waals surface area contributed by atoms with Crippen LogP contribution in [0.25, 0.3) is 0 Å². The molecule has 0 radical (unpaired) electrons. The van der Waals surface area contributed by atoms with Crippen molar-refractivity contribution in [2.75, 3.05) is 0 Å². The summed E-state index contributed by atoms with van der Waals surface area (Å²) >= 11 is 0. The minimum absolute atomic E-state index is 0.0699. The number of carbonyl (C=O) groups is 2. The van der Waals surface area contributed by atoms with Crippen molar-refractivity contribution in [2.24, 2.45) is 5.73 Å². The van der Waals surface area contributed by atoms with Crippen molar-refractivity contribution in [1.82, 2.24) is 0 Å².